The van der Waals surface area contributed by atoms with Crippen LogP contribution in [0.2, 0.25) is 0 Å². The quantitative estimate of drug-likeness (QED) is 0.908. The average molecular weight is 282 g/mol. The first-order valence-corrected chi connectivity index (χ1v) is 5.62. The number of aromatic nitrogens is 2. The van der Waals surface area contributed by atoms with Crippen molar-refractivity contribution in [2.24, 2.45) is 5.73 Å². The van der Waals surface area contributed by atoms with Crippen molar-refractivity contribution in [2.75, 3.05) is 7.11 Å². The van der Waals surface area contributed by atoms with Gasteiger partial charge in [0.15, 0.2) is 0 Å². The van der Waals surface area contributed by atoms with E-state index in [9.17, 15) is 0 Å². The van der Waals surface area contributed by atoms with E-state index in [2.05, 4.69) is 26.1 Å². The van der Waals surface area contributed by atoms with E-state index in [1.54, 1.807) is 7.11 Å². The van der Waals surface area contributed by atoms with Crippen LogP contribution in [0.25, 0.3) is 11.3 Å². The Hall–Kier alpha value is -1.33. The number of aromatic amines is 1. The molecule has 3 N–H and O–H groups in total. The molecule has 2 rings (SSSR count). The molecule has 84 valence electrons. The summed E-state index contributed by atoms with van der Waals surface area (Å²) in [6.07, 6.45) is 0. The normalized spacial score (nSPS) is 10.4. The molecule has 16 heavy (non-hydrogen) atoms. The predicted octanol–water partition coefficient (Wildman–Crippen LogP) is 2.31. The zero-order chi connectivity index (χ0) is 11.5. The minimum Gasteiger partial charge on any atom is -0.497 e. The molecule has 0 saturated carbocycles. The number of H-pyrrole nitrogens is 1. The lowest BCUT2D eigenvalue weighted by molar-refractivity contribution is 0.415. The van der Waals surface area contributed by atoms with Gasteiger partial charge in [-0.1, -0.05) is 0 Å². The zero-order valence-corrected chi connectivity index (χ0v) is 10.4. The molecule has 0 amide bonds. The lowest BCUT2D eigenvalue weighted by Crippen LogP contribution is -1.96. The number of benzene rings is 1. The lowest BCUT2D eigenvalue weighted by atomic mass is 10.1. The second-order valence-corrected chi connectivity index (χ2v) is 4.09. The van der Waals surface area contributed by atoms with Crippen molar-refractivity contribution in [1.82, 2.24) is 10.2 Å². The fourth-order valence-electron chi connectivity index (χ4n) is 1.44. The Morgan fingerprint density at radius 1 is 1.38 bits per heavy atom. The highest BCUT2D eigenvalue weighted by Gasteiger charge is 2.10. The third kappa shape index (κ3) is 1.96. The molecule has 1 aromatic carbocycles. The number of nitrogens with zero attached hydrogens (tertiary/aromatic N) is 1. The Kier molecular flexibility index (Phi) is 3.26. The van der Waals surface area contributed by atoms with Gasteiger partial charge in [0.1, 0.15) is 11.4 Å². The minimum atomic E-state index is 0.434. The van der Waals surface area contributed by atoms with Gasteiger partial charge < -0.3 is 10.5 Å². The van der Waals surface area contributed by atoms with E-state index in [4.69, 9.17) is 10.5 Å². The van der Waals surface area contributed by atoms with E-state index < -0.39 is 0 Å². The highest BCUT2D eigenvalue weighted by atomic mass is 79.9. The molecular weight excluding hydrogens is 270 g/mol. The van der Waals surface area contributed by atoms with Gasteiger partial charge in [0.25, 0.3) is 0 Å². The summed E-state index contributed by atoms with van der Waals surface area (Å²) in [4.78, 5) is 0. The van der Waals surface area contributed by atoms with Gasteiger partial charge >= 0.3 is 0 Å². The summed E-state index contributed by atoms with van der Waals surface area (Å²) in [5.74, 6) is 0.828. The smallest absolute Gasteiger partial charge is 0.118 e. The Balaban J connectivity index is 2.38. The van der Waals surface area contributed by atoms with Crippen molar-refractivity contribution in [3.05, 3.63) is 34.4 Å². The number of nitrogens with one attached hydrogen (secondary N) is 1. The molecule has 2 aromatic rings. The molecule has 5 heteroatoms. The third-order valence-corrected chi connectivity index (χ3v) is 3.20. The van der Waals surface area contributed by atoms with Crippen molar-refractivity contribution >= 4 is 15.9 Å². The van der Waals surface area contributed by atoms with Crippen molar-refractivity contribution in [2.45, 2.75) is 6.54 Å². The van der Waals surface area contributed by atoms with Crippen LogP contribution in [-0.2, 0) is 6.54 Å². The van der Waals surface area contributed by atoms with Crippen LogP contribution in [0.5, 0.6) is 5.75 Å². The molecule has 0 bridgehead atoms. The summed E-state index contributed by atoms with van der Waals surface area (Å²) >= 11 is 3.48. The molecule has 0 aliphatic carbocycles. The van der Waals surface area contributed by atoms with Gasteiger partial charge in [-0.25, -0.2) is 0 Å². The maximum Gasteiger partial charge on any atom is 0.118 e. The first-order chi connectivity index (χ1) is 7.76. The Labute approximate surface area is 102 Å². The highest BCUT2D eigenvalue weighted by Crippen LogP contribution is 2.29. The lowest BCUT2D eigenvalue weighted by Gasteiger charge is -2.01. The number of methoxy groups -OCH3 is 1. The van der Waals surface area contributed by atoms with E-state index in [0.717, 1.165) is 27.2 Å². The molecule has 1 heterocycles. The molecular formula is C11H12BrN3O. The first kappa shape index (κ1) is 11.2. The molecule has 1 aromatic heterocycles. The van der Waals surface area contributed by atoms with Gasteiger partial charge in [-0.2, -0.15) is 5.10 Å². The van der Waals surface area contributed by atoms with Crippen LogP contribution in [0.15, 0.2) is 28.7 Å². The van der Waals surface area contributed by atoms with Gasteiger partial charge in [-0.15, -0.1) is 0 Å². The molecule has 0 spiro atoms. The number of rotatable bonds is 3. The van der Waals surface area contributed by atoms with Crippen LogP contribution in [0.3, 0.4) is 0 Å². The largest absolute Gasteiger partial charge is 0.497 e. The van der Waals surface area contributed by atoms with E-state index in [1.165, 1.54) is 0 Å². The van der Waals surface area contributed by atoms with E-state index in [0.29, 0.717) is 6.54 Å². The standard InChI is InChI=1S/C11H12BrN3O/c1-16-8-4-2-7(3-5-8)11-10(12)9(6-13)14-15-11/h2-5H,6,13H2,1H3,(H,14,15). The van der Waals surface area contributed by atoms with Crippen molar-refractivity contribution in [1.29, 1.82) is 0 Å². The molecule has 0 atom stereocenters. The topological polar surface area (TPSA) is 63.9 Å². The Morgan fingerprint density at radius 3 is 2.56 bits per heavy atom. The van der Waals surface area contributed by atoms with Crippen LogP contribution >= 0.6 is 15.9 Å². The first-order valence-electron chi connectivity index (χ1n) is 4.83. The molecule has 0 aliphatic heterocycles. The minimum absolute atomic E-state index is 0.434. The number of hydrogen-bond donors (Lipinski definition) is 2. The molecule has 0 radical (unpaired) electrons. The molecule has 0 aliphatic rings. The predicted molar refractivity (Wildman–Crippen MR) is 66.2 cm³/mol. The van der Waals surface area contributed by atoms with Gasteiger partial charge in [0, 0.05) is 12.1 Å². The van der Waals surface area contributed by atoms with E-state index >= 15 is 0 Å². The van der Waals surface area contributed by atoms with Crippen molar-refractivity contribution < 1.29 is 4.74 Å². The van der Waals surface area contributed by atoms with Crippen LogP contribution in [-0.4, -0.2) is 17.3 Å². The second-order valence-electron chi connectivity index (χ2n) is 3.30. The van der Waals surface area contributed by atoms with Gasteiger partial charge in [-0.05, 0) is 40.2 Å². The monoisotopic (exact) mass is 281 g/mol. The average Bonchev–Trinajstić information content (AvgIpc) is 2.70. The van der Waals surface area contributed by atoms with Gasteiger partial charge in [0.2, 0.25) is 0 Å². The number of nitrogens with two attached hydrogens (primary N) is 1. The zero-order valence-electron chi connectivity index (χ0n) is 8.83. The number of halogens is 1. The second kappa shape index (κ2) is 4.67. The summed E-state index contributed by atoms with van der Waals surface area (Å²) in [6, 6.07) is 7.72. The maximum absolute atomic E-state index is 5.57. The molecule has 0 unspecified atom stereocenters. The van der Waals surface area contributed by atoms with E-state index in [-0.39, 0.29) is 0 Å². The summed E-state index contributed by atoms with van der Waals surface area (Å²) in [5.41, 5.74) is 8.34. The van der Waals surface area contributed by atoms with Crippen LogP contribution in [0.4, 0.5) is 0 Å². The summed E-state index contributed by atoms with van der Waals surface area (Å²) in [6.45, 7) is 0.434. The SMILES string of the molecule is COc1ccc(-c2n[nH]c(CN)c2Br)cc1. The number of hydrogen-bond acceptors (Lipinski definition) is 3. The van der Waals surface area contributed by atoms with Gasteiger partial charge in [0.05, 0.1) is 17.3 Å². The third-order valence-electron chi connectivity index (χ3n) is 2.34. The van der Waals surface area contributed by atoms with Crippen LogP contribution in [0.1, 0.15) is 5.69 Å². The summed E-state index contributed by atoms with van der Waals surface area (Å²) in [5, 5.41) is 7.12. The Bertz CT molecular complexity index is 478. The Morgan fingerprint density at radius 2 is 2.06 bits per heavy atom. The summed E-state index contributed by atoms with van der Waals surface area (Å²) in [7, 11) is 1.64. The fourth-order valence-corrected chi connectivity index (χ4v) is 2.01. The van der Waals surface area contributed by atoms with Crippen LogP contribution < -0.4 is 10.5 Å². The van der Waals surface area contributed by atoms with Crippen molar-refractivity contribution in [3.8, 4) is 17.0 Å². The maximum atomic E-state index is 5.57. The van der Waals surface area contributed by atoms with Crippen LogP contribution in [0, 0.1) is 0 Å². The molecule has 0 fully saturated rings. The summed E-state index contributed by atoms with van der Waals surface area (Å²) < 4.78 is 6.02. The van der Waals surface area contributed by atoms with E-state index in [1.807, 2.05) is 24.3 Å². The highest BCUT2D eigenvalue weighted by molar-refractivity contribution is 9.10. The fraction of sp³-hybridized carbons (Fsp3) is 0.182. The molecule has 4 nitrogen and oxygen atoms in total. The van der Waals surface area contributed by atoms with Crippen molar-refractivity contribution in [3.63, 3.8) is 0 Å². The number of ether oxygens (including phenoxy) is 1. The van der Waals surface area contributed by atoms with Gasteiger partial charge in [-0.3, -0.25) is 5.10 Å². The molecule has 0 saturated heterocycles.